The lowest BCUT2D eigenvalue weighted by molar-refractivity contribution is 0.0483. The normalized spacial score (nSPS) is 14.8. The zero-order valence-corrected chi connectivity index (χ0v) is 74.4. The highest BCUT2D eigenvalue weighted by atomic mass is 16.5. The smallest absolute Gasteiger partial charge is 0.132 e. The van der Waals surface area contributed by atoms with Crippen LogP contribution in [0.15, 0.2) is 102 Å². The van der Waals surface area contributed by atoms with Crippen molar-refractivity contribution < 1.29 is 30.3 Å². The largest absolute Gasteiger partial charge is 0.507 e. The van der Waals surface area contributed by atoms with Crippen molar-refractivity contribution in [1.29, 1.82) is 0 Å². The summed E-state index contributed by atoms with van der Waals surface area (Å²) in [5, 5.41) is 61.7. The number of ether oxygens (including phenoxy) is 1. The van der Waals surface area contributed by atoms with E-state index in [1.165, 1.54) is 0 Å². The maximum absolute atomic E-state index is 12.5. The third-order valence-corrected chi connectivity index (χ3v) is 22.2. The maximum Gasteiger partial charge on any atom is 0.132 e. The molecule has 1 heterocycles. The van der Waals surface area contributed by atoms with Crippen molar-refractivity contribution in [2.45, 2.75) is 352 Å². The minimum absolute atomic E-state index is 0.266. The molecule has 7 nitrogen and oxygen atoms in total. The summed E-state index contributed by atoms with van der Waals surface area (Å²) in [6.45, 7) is 76.3. The van der Waals surface area contributed by atoms with Gasteiger partial charge in [-0.1, -0.05) is 319 Å². The summed E-state index contributed by atoms with van der Waals surface area (Å²) >= 11 is 0. The van der Waals surface area contributed by atoms with Crippen molar-refractivity contribution in [2.75, 3.05) is 0 Å². The lowest BCUT2D eigenvalue weighted by atomic mass is 9.77. The second-order valence-corrected chi connectivity index (χ2v) is 44.3. The number of aliphatic imine (C=N–C) groups is 1. The molecule has 109 heavy (non-hydrogen) atoms. The molecular weight excluding hydrogens is 1340 g/mol. The van der Waals surface area contributed by atoms with E-state index in [0.717, 1.165) is 140 Å². The van der Waals surface area contributed by atoms with Crippen LogP contribution in [0.4, 0.5) is 5.69 Å². The van der Waals surface area contributed by atoms with E-state index >= 15 is 0 Å². The number of hydrogen-bond donors (Lipinski definition) is 5. The minimum Gasteiger partial charge on any atom is -0.507 e. The van der Waals surface area contributed by atoms with Crippen LogP contribution in [-0.2, 0) is 104 Å². The van der Waals surface area contributed by atoms with Gasteiger partial charge in [-0.05, 0) is 236 Å². The molecule has 5 N–H and O–H groups in total. The molecule has 1 atom stereocenters. The molecule has 590 valence electrons. The van der Waals surface area contributed by atoms with Crippen molar-refractivity contribution in [3.63, 3.8) is 0 Å². The highest BCUT2D eigenvalue weighted by Gasteiger charge is 2.42. The molecular formula is C102H141NO6. The van der Waals surface area contributed by atoms with Crippen molar-refractivity contribution in [1.82, 2.24) is 0 Å². The Labute approximate surface area is 661 Å². The Morgan fingerprint density at radius 2 is 0.633 bits per heavy atom. The number of benzene rings is 7. The summed E-state index contributed by atoms with van der Waals surface area (Å²) in [5.74, 6) is 5.49. The summed E-state index contributed by atoms with van der Waals surface area (Å²) in [5.41, 5.74) is 18.7. The van der Waals surface area contributed by atoms with Crippen LogP contribution in [0.1, 0.15) is 366 Å². The number of phenols is 5. The number of nitrogens with zero attached hydrogens (tertiary/aromatic N) is 1. The van der Waals surface area contributed by atoms with Crippen molar-refractivity contribution in [3.05, 3.63) is 213 Å². The minimum atomic E-state index is -0.521. The van der Waals surface area contributed by atoms with E-state index in [1.807, 2.05) is 0 Å². The number of terminal acetylenes is 1. The van der Waals surface area contributed by atoms with Gasteiger partial charge in [-0.25, -0.2) is 0 Å². The molecule has 0 saturated heterocycles. The first-order valence-corrected chi connectivity index (χ1v) is 40.3. The highest BCUT2D eigenvalue weighted by molar-refractivity contribution is 6.02. The third kappa shape index (κ3) is 20.0. The molecule has 0 radical (unpaired) electrons. The molecule has 0 spiro atoms. The van der Waals surface area contributed by atoms with Gasteiger partial charge in [0, 0.05) is 22.8 Å². The molecule has 7 aromatic rings. The Bertz CT molecular complexity index is 4420. The fraction of sp³-hybridized carbons (Fsp3) is 0.539. The Morgan fingerprint density at radius 1 is 0.367 bits per heavy atom. The van der Waals surface area contributed by atoms with Crippen LogP contribution >= 0.6 is 0 Å². The Balaban J connectivity index is 1.63. The molecule has 0 fully saturated rings. The molecule has 0 aromatic heterocycles. The summed E-state index contributed by atoms with van der Waals surface area (Å²) in [4.78, 5) is 6.49. The molecule has 1 aliphatic rings. The SMILES string of the molecule is C#CC(C=C(Cc1cc(C(C)(C)C)c2c(c1)C(C)(C)O2)C(CCc1cc(C(C)(C)C)c(O)c(C(C)(C)C)c1)=Nc1c(Cc2cc(C(C)(C)C)c(O)c(C(C)(C)C)c2)cc(Cc2cc(C(C)(C)C)c(O)c(C(C)(C)C)c2)cc1Cc1cc(C(C)(C)C)c(O)c(C(C)(C)C)c1)Cc1cc(C(C)(C)C)c(O)c(C(C)(C)C)c1. The summed E-state index contributed by atoms with van der Waals surface area (Å²) < 4.78 is 6.70. The van der Waals surface area contributed by atoms with Gasteiger partial charge in [0.2, 0.25) is 0 Å². The fourth-order valence-corrected chi connectivity index (χ4v) is 15.8. The molecule has 1 unspecified atom stereocenters. The van der Waals surface area contributed by atoms with Gasteiger partial charge in [0.15, 0.2) is 0 Å². The zero-order chi connectivity index (χ0) is 82.6. The third-order valence-electron chi connectivity index (χ3n) is 22.2. The average molecular weight is 1480 g/mol. The van der Waals surface area contributed by atoms with Crippen molar-refractivity contribution in [2.24, 2.45) is 10.9 Å². The van der Waals surface area contributed by atoms with Gasteiger partial charge in [-0.2, -0.15) is 0 Å². The number of fused-ring (bicyclic) bond motifs is 1. The molecule has 7 aromatic carbocycles. The molecule has 1 aliphatic heterocycles. The number of allylic oxidation sites excluding steroid dienone is 2. The van der Waals surface area contributed by atoms with Crippen molar-refractivity contribution in [3.8, 4) is 46.8 Å². The molecule has 0 saturated carbocycles. The van der Waals surface area contributed by atoms with Gasteiger partial charge in [-0.15, -0.1) is 6.42 Å². The van der Waals surface area contributed by atoms with E-state index in [1.54, 1.807) is 0 Å². The average Bonchev–Trinajstić information content (AvgIpc) is 0.728. The molecule has 8 rings (SSSR count). The first kappa shape index (κ1) is 86.9. The number of hydrogen-bond acceptors (Lipinski definition) is 7. The molecule has 7 heteroatoms. The maximum atomic E-state index is 12.5. The second-order valence-electron chi connectivity index (χ2n) is 44.3. The quantitative estimate of drug-likeness (QED) is 0.0485. The molecule has 0 bridgehead atoms. The zero-order valence-electron chi connectivity index (χ0n) is 74.4. The molecule has 0 aliphatic carbocycles. The lowest BCUT2D eigenvalue weighted by Gasteiger charge is -2.42. The van der Waals surface area contributed by atoms with Gasteiger partial charge in [0.05, 0.1) is 5.69 Å². The first-order chi connectivity index (χ1) is 49.2. The summed E-state index contributed by atoms with van der Waals surface area (Å²) in [7, 11) is 0. The number of phenolic OH excluding ortho intramolecular Hbond substituents is 5. The second kappa shape index (κ2) is 29.8. The van der Waals surface area contributed by atoms with Crippen LogP contribution in [-0.4, -0.2) is 31.2 Å². The Kier molecular flexibility index (Phi) is 23.7. The summed E-state index contributed by atoms with van der Waals surface area (Å²) in [6, 6.07) is 31.5. The van der Waals surface area contributed by atoms with E-state index in [2.05, 4.69) is 339 Å². The van der Waals surface area contributed by atoms with Crippen LogP contribution < -0.4 is 4.74 Å². The summed E-state index contributed by atoms with van der Waals surface area (Å²) in [6.07, 6.45) is 12.9. The standard InChI is InChI=1S/C102H141NO6/c1-37-60(40-63-50-73(93(8,9)10)86(105)74(51-63)94(11,12)13)42-68(43-65-58-81(101(32,33)34)90-82(59-65)102(35,36)109-90)83(39-38-61-48-71(91(2,3)4)85(104)72(49-61)92(5,6)7)103-84-69(46-66-54-77(97(20,21)22)88(107)78(55-66)98(23,24)25)44-62(41-64-52-75(95(14,15)16)87(106)76(53-64)96(17,18)19)45-70(84)47-67-56-79(99(26,27)28)89(108)80(57-67)100(29,30)31/h1,42,44-45,48-60,104-108H,38-41,43,46-47H2,2-36H3. The number of rotatable bonds is 16. The topological polar surface area (TPSA) is 123 Å². The van der Waals surface area contributed by atoms with E-state index in [4.69, 9.17) is 16.2 Å². The van der Waals surface area contributed by atoms with Gasteiger partial charge >= 0.3 is 0 Å². The van der Waals surface area contributed by atoms with Gasteiger partial charge < -0.3 is 30.3 Å². The van der Waals surface area contributed by atoms with Gasteiger partial charge in [0.1, 0.15) is 40.1 Å². The van der Waals surface area contributed by atoms with Crippen LogP contribution in [0.3, 0.4) is 0 Å². The monoisotopic (exact) mass is 1480 g/mol. The van der Waals surface area contributed by atoms with Crippen LogP contribution in [0, 0.1) is 18.3 Å². The van der Waals surface area contributed by atoms with Crippen LogP contribution in [0.25, 0.3) is 0 Å². The molecule has 0 amide bonds. The lowest BCUT2D eigenvalue weighted by Crippen LogP contribution is -2.37. The number of aryl methyl sites for hydroxylation is 1. The van der Waals surface area contributed by atoms with Gasteiger partial charge in [0.25, 0.3) is 0 Å². The van der Waals surface area contributed by atoms with Crippen LogP contribution in [0.2, 0.25) is 0 Å². The fourth-order valence-electron chi connectivity index (χ4n) is 15.8. The van der Waals surface area contributed by atoms with E-state index < -0.39 is 33.2 Å². The predicted octanol–water partition coefficient (Wildman–Crippen LogP) is 26.3. The van der Waals surface area contributed by atoms with Crippen molar-refractivity contribution >= 4 is 11.4 Å². The Morgan fingerprint density at radius 3 is 0.917 bits per heavy atom. The predicted molar refractivity (Wildman–Crippen MR) is 464 cm³/mol. The number of aromatic hydroxyl groups is 5. The Hall–Kier alpha value is -7.69. The van der Waals surface area contributed by atoms with E-state index in [-0.39, 0.29) is 37.9 Å². The van der Waals surface area contributed by atoms with E-state index in [9.17, 15) is 25.5 Å². The first-order valence-electron chi connectivity index (χ1n) is 40.3. The van der Waals surface area contributed by atoms with Crippen LogP contribution in [0.5, 0.6) is 34.5 Å². The van der Waals surface area contributed by atoms with Gasteiger partial charge in [-0.3, -0.25) is 4.99 Å². The van der Waals surface area contributed by atoms with E-state index in [0.29, 0.717) is 73.7 Å². The highest BCUT2D eigenvalue weighted by Crippen LogP contribution is 2.52.